The third kappa shape index (κ3) is 4.62. The van der Waals surface area contributed by atoms with Gasteiger partial charge in [0.25, 0.3) is 5.91 Å². The van der Waals surface area contributed by atoms with Crippen LogP contribution in [-0.4, -0.2) is 40.2 Å². The summed E-state index contributed by atoms with van der Waals surface area (Å²) in [7, 11) is 1.78. The van der Waals surface area contributed by atoms with Gasteiger partial charge in [0.2, 0.25) is 5.95 Å². The third-order valence-corrected chi connectivity index (χ3v) is 3.62. The standard InChI is InChI=1S/C18H22N4O2/c1-4-5-9-22(3)17(24)15-11-19-18(20-12-15)21-16-8-6-7-14(10-16)13(2)23/h6-8,10-12H,4-5,9H2,1-3H3,(H,19,20,21). The van der Waals surface area contributed by atoms with Gasteiger partial charge < -0.3 is 10.2 Å². The number of anilines is 2. The molecule has 0 aliphatic heterocycles. The Labute approximate surface area is 141 Å². The molecule has 0 radical (unpaired) electrons. The van der Waals surface area contributed by atoms with Gasteiger partial charge in [0, 0.05) is 37.2 Å². The van der Waals surface area contributed by atoms with Crippen molar-refractivity contribution in [2.75, 3.05) is 18.9 Å². The van der Waals surface area contributed by atoms with Crippen molar-refractivity contribution in [1.82, 2.24) is 14.9 Å². The number of rotatable bonds is 7. The van der Waals surface area contributed by atoms with E-state index in [1.54, 1.807) is 30.1 Å². The number of unbranched alkanes of at least 4 members (excludes halogenated alkanes) is 1. The molecule has 2 aromatic rings. The normalized spacial score (nSPS) is 10.3. The molecule has 1 aromatic heterocycles. The largest absolute Gasteiger partial charge is 0.342 e. The molecule has 0 bridgehead atoms. The Hall–Kier alpha value is -2.76. The van der Waals surface area contributed by atoms with Crippen molar-refractivity contribution >= 4 is 23.3 Å². The van der Waals surface area contributed by atoms with Crippen molar-refractivity contribution < 1.29 is 9.59 Å². The number of hydrogen-bond donors (Lipinski definition) is 1. The van der Waals surface area contributed by atoms with Gasteiger partial charge in [0.05, 0.1) is 5.56 Å². The third-order valence-electron chi connectivity index (χ3n) is 3.62. The van der Waals surface area contributed by atoms with Crippen LogP contribution in [0.1, 0.15) is 47.4 Å². The maximum atomic E-state index is 12.2. The van der Waals surface area contributed by atoms with Crippen LogP contribution in [0.15, 0.2) is 36.7 Å². The fourth-order valence-corrected chi connectivity index (χ4v) is 2.17. The molecule has 0 unspecified atom stereocenters. The van der Waals surface area contributed by atoms with Gasteiger partial charge in [0.1, 0.15) is 0 Å². The molecule has 1 aromatic carbocycles. The minimum Gasteiger partial charge on any atom is -0.342 e. The van der Waals surface area contributed by atoms with E-state index in [4.69, 9.17) is 0 Å². The van der Waals surface area contributed by atoms with E-state index in [1.807, 2.05) is 6.07 Å². The van der Waals surface area contributed by atoms with Gasteiger partial charge >= 0.3 is 0 Å². The summed E-state index contributed by atoms with van der Waals surface area (Å²) in [5.74, 6) is 0.285. The monoisotopic (exact) mass is 326 g/mol. The lowest BCUT2D eigenvalue weighted by molar-refractivity contribution is 0.0792. The van der Waals surface area contributed by atoms with Crippen LogP contribution in [0.5, 0.6) is 0 Å². The topological polar surface area (TPSA) is 75.2 Å². The summed E-state index contributed by atoms with van der Waals surface area (Å²) in [5, 5.41) is 3.03. The summed E-state index contributed by atoms with van der Waals surface area (Å²) in [6, 6.07) is 7.11. The molecule has 6 nitrogen and oxygen atoms in total. The molecule has 0 aliphatic carbocycles. The minimum absolute atomic E-state index is 0.00405. The summed E-state index contributed by atoms with van der Waals surface area (Å²) in [5.41, 5.74) is 1.79. The Morgan fingerprint density at radius 2 is 1.88 bits per heavy atom. The number of carbonyl (C=O) groups is 2. The van der Waals surface area contributed by atoms with E-state index in [0.29, 0.717) is 23.6 Å². The fraction of sp³-hybridized carbons (Fsp3) is 0.333. The zero-order valence-electron chi connectivity index (χ0n) is 14.2. The molecule has 0 atom stereocenters. The van der Waals surface area contributed by atoms with Gasteiger partial charge in [-0.05, 0) is 25.5 Å². The van der Waals surface area contributed by atoms with E-state index >= 15 is 0 Å². The van der Waals surface area contributed by atoms with Crippen molar-refractivity contribution in [3.63, 3.8) is 0 Å². The molecule has 126 valence electrons. The highest BCUT2D eigenvalue weighted by molar-refractivity contribution is 5.95. The van der Waals surface area contributed by atoms with Crippen molar-refractivity contribution in [3.8, 4) is 0 Å². The molecule has 1 N–H and O–H groups in total. The average Bonchev–Trinajstić information content (AvgIpc) is 2.60. The average molecular weight is 326 g/mol. The van der Waals surface area contributed by atoms with Gasteiger partial charge in [-0.15, -0.1) is 0 Å². The Bertz CT molecular complexity index is 713. The minimum atomic E-state index is -0.0893. The number of Topliss-reactive ketones (excluding diaryl/α,β-unsaturated/α-hetero) is 1. The van der Waals surface area contributed by atoms with E-state index in [2.05, 4.69) is 22.2 Å². The lowest BCUT2D eigenvalue weighted by Gasteiger charge is -2.16. The molecular weight excluding hydrogens is 304 g/mol. The first-order chi connectivity index (χ1) is 11.5. The number of ketones is 1. The van der Waals surface area contributed by atoms with Gasteiger partial charge in [-0.25, -0.2) is 9.97 Å². The first-order valence-corrected chi connectivity index (χ1v) is 7.96. The highest BCUT2D eigenvalue weighted by Crippen LogP contribution is 2.15. The molecule has 0 saturated heterocycles. The summed E-state index contributed by atoms with van der Waals surface area (Å²) in [6.45, 7) is 4.32. The van der Waals surface area contributed by atoms with Crippen LogP contribution in [0.4, 0.5) is 11.6 Å². The molecule has 0 spiro atoms. The van der Waals surface area contributed by atoms with Crippen molar-refractivity contribution in [2.45, 2.75) is 26.7 Å². The number of hydrogen-bond acceptors (Lipinski definition) is 5. The zero-order valence-corrected chi connectivity index (χ0v) is 14.2. The fourth-order valence-electron chi connectivity index (χ4n) is 2.17. The first kappa shape index (κ1) is 17.6. The smallest absolute Gasteiger partial charge is 0.256 e. The highest BCUT2D eigenvalue weighted by Gasteiger charge is 2.12. The van der Waals surface area contributed by atoms with Gasteiger partial charge in [-0.3, -0.25) is 9.59 Å². The number of carbonyl (C=O) groups excluding carboxylic acids is 2. The SMILES string of the molecule is CCCCN(C)C(=O)c1cnc(Nc2cccc(C(C)=O)c2)nc1. The molecule has 2 rings (SSSR count). The van der Waals surface area contributed by atoms with Crippen molar-refractivity contribution in [1.29, 1.82) is 0 Å². The molecule has 6 heteroatoms. The quantitative estimate of drug-likeness (QED) is 0.790. The molecule has 0 aliphatic rings. The number of aromatic nitrogens is 2. The number of amides is 1. The van der Waals surface area contributed by atoms with Crippen LogP contribution in [0.3, 0.4) is 0 Å². The number of nitrogens with one attached hydrogen (secondary N) is 1. The Balaban J connectivity index is 2.05. The van der Waals surface area contributed by atoms with Crippen LogP contribution in [-0.2, 0) is 0 Å². The van der Waals surface area contributed by atoms with Gasteiger partial charge in [0.15, 0.2) is 5.78 Å². The lowest BCUT2D eigenvalue weighted by atomic mass is 10.1. The van der Waals surface area contributed by atoms with E-state index < -0.39 is 0 Å². The summed E-state index contributed by atoms with van der Waals surface area (Å²) < 4.78 is 0. The number of nitrogens with zero attached hydrogens (tertiary/aromatic N) is 3. The van der Waals surface area contributed by atoms with Gasteiger partial charge in [-0.1, -0.05) is 25.5 Å². The van der Waals surface area contributed by atoms with Crippen LogP contribution >= 0.6 is 0 Å². The van der Waals surface area contributed by atoms with Crippen LogP contribution in [0.2, 0.25) is 0 Å². The van der Waals surface area contributed by atoms with Crippen molar-refractivity contribution in [2.24, 2.45) is 0 Å². The second-order valence-corrected chi connectivity index (χ2v) is 5.64. The van der Waals surface area contributed by atoms with E-state index in [9.17, 15) is 9.59 Å². The Morgan fingerprint density at radius 3 is 2.50 bits per heavy atom. The second-order valence-electron chi connectivity index (χ2n) is 5.64. The molecule has 1 heterocycles. The lowest BCUT2D eigenvalue weighted by Crippen LogP contribution is -2.27. The highest BCUT2D eigenvalue weighted by atomic mass is 16.2. The Kier molecular flexibility index (Phi) is 6.01. The predicted molar refractivity (Wildman–Crippen MR) is 93.6 cm³/mol. The summed E-state index contributed by atoms with van der Waals surface area (Å²) in [6.07, 6.45) is 5.02. The number of benzene rings is 1. The molecule has 1 amide bonds. The molecule has 0 fully saturated rings. The van der Waals surface area contributed by atoms with E-state index in [-0.39, 0.29) is 11.7 Å². The van der Waals surface area contributed by atoms with Crippen LogP contribution in [0, 0.1) is 0 Å². The molecular formula is C18H22N4O2. The second kappa shape index (κ2) is 8.19. The van der Waals surface area contributed by atoms with E-state index in [1.165, 1.54) is 19.3 Å². The summed E-state index contributed by atoms with van der Waals surface area (Å²) >= 11 is 0. The van der Waals surface area contributed by atoms with Crippen molar-refractivity contribution in [3.05, 3.63) is 47.8 Å². The maximum absolute atomic E-state index is 12.2. The van der Waals surface area contributed by atoms with Gasteiger partial charge in [-0.2, -0.15) is 0 Å². The predicted octanol–water partition coefficient (Wildman–Crippen LogP) is 3.29. The molecule has 0 saturated carbocycles. The Morgan fingerprint density at radius 1 is 1.17 bits per heavy atom. The van der Waals surface area contributed by atoms with Crippen LogP contribution in [0.25, 0.3) is 0 Å². The maximum Gasteiger partial charge on any atom is 0.256 e. The van der Waals surface area contributed by atoms with Crippen LogP contribution < -0.4 is 5.32 Å². The summed E-state index contributed by atoms with van der Waals surface area (Å²) in [4.78, 5) is 33.7. The molecule has 24 heavy (non-hydrogen) atoms. The van der Waals surface area contributed by atoms with E-state index in [0.717, 1.165) is 18.5 Å². The zero-order chi connectivity index (χ0) is 17.5. The first-order valence-electron chi connectivity index (χ1n) is 7.96.